The number of anilines is 1. The first-order valence-corrected chi connectivity index (χ1v) is 5.35. The molecule has 0 aromatic carbocycles. The zero-order chi connectivity index (χ0) is 12.0. The number of ether oxygens (including phenoxy) is 1. The molecule has 0 aliphatic carbocycles. The van der Waals surface area contributed by atoms with Gasteiger partial charge in [0, 0.05) is 13.6 Å². The Morgan fingerprint density at radius 1 is 1.62 bits per heavy atom. The summed E-state index contributed by atoms with van der Waals surface area (Å²) >= 11 is 5.91. The van der Waals surface area contributed by atoms with E-state index in [-0.39, 0.29) is 5.97 Å². The second-order valence-corrected chi connectivity index (χ2v) is 3.58. The number of nitrogens with zero attached hydrogens (tertiary/aromatic N) is 3. The summed E-state index contributed by atoms with van der Waals surface area (Å²) < 4.78 is 4.83. The number of carbonyl (C=O) groups is 1. The van der Waals surface area contributed by atoms with E-state index in [1.807, 2.05) is 7.05 Å². The van der Waals surface area contributed by atoms with Gasteiger partial charge in [-0.2, -0.15) is 0 Å². The van der Waals surface area contributed by atoms with Gasteiger partial charge in [-0.3, -0.25) is 4.79 Å². The monoisotopic (exact) mass is 243 g/mol. The summed E-state index contributed by atoms with van der Waals surface area (Å²) in [5.74, 6) is 0.389. The number of hydrogen-bond donors (Lipinski definition) is 0. The third-order valence-corrected chi connectivity index (χ3v) is 2.23. The summed E-state index contributed by atoms with van der Waals surface area (Å²) in [6.07, 6.45) is 3.25. The largest absolute Gasteiger partial charge is 0.466 e. The molecule has 0 atom stereocenters. The van der Waals surface area contributed by atoms with E-state index >= 15 is 0 Å². The highest BCUT2D eigenvalue weighted by Gasteiger charge is 2.09. The Morgan fingerprint density at radius 2 is 2.38 bits per heavy atom. The molecule has 5 nitrogen and oxygen atoms in total. The van der Waals surface area contributed by atoms with Crippen LogP contribution >= 0.6 is 11.6 Å². The van der Waals surface area contributed by atoms with Crippen LogP contribution in [-0.4, -0.2) is 36.1 Å². The lowest BCUT2D eigenvalue weighted by Crippen LogP contribution is -2.23. The molecule has 0 fully saturated rings. The van der Waals surface area contributed by atoms with Crippen molar-refractivity contribution < 1.29 is 9.53 Å². The number of carbonyl (C=O) groups excluding carboxylic acids is 1. The van der Waals surface area contributed by atoms with Gasteiger partial charge in [0.25, 0.3) is 0 Å². The molecule has 1 heterocycles. The molecule has 0 N–H and O–H groups in total. The summed E-state index contributed by atoms with van der Waals surface area (Å²) in [5.41, 5.74) is 0. The Morgan fingerprint density at radius 3 is 3.00 bits per heavy atom. The highest BCUT2D eigenvalue weighted by molar-refractivity contribution is 6.32. The van der Waals surface area contributed by atoms with Gasteiger partial charge in [0.05, 0.1) is 19.2 Å². The molecule has 0 amide bonds. The molecule has 0 saturated carbocycles. The Balaban J connectivity index is 2.50. The van der Waals surface area contributed by atoms with Crippen molar-refractivity contribution in [2.45, 2.75) is 13.3 Å². The highest BCUT2D eigenvalue weighted by atomic mass is 35.5. The molecule has 0 aliphatic heterocycles. The summed E-state index contributed by atoms with van der Waals surface area (Å²) in [5, 5.41) is 0.467. The van der Waals surface area contributed by atoms with Gasteiger partial charge in [0.15, 0.2) is 5.82 Å². The van der Waals surface area contributed by atoms with Gasteiger partial charge in [-0.25, -0.2) is 9.97 Å². The maximum atomic E-state index is 11.1. The van der Waals surface area contributed by atoms with Gasteiger partial charge in [-0.1, -0.05) is 11.6 Å². The van der Waals surface area contributed by atoms with E-state index in [1.54, 1.807) is 11.8 Å². The standard InChI is InChI=1S/C10H14ClN3O2/c1-3-16-9(15)4-5-14(2)10-8(11)6-12-7-13-10/h6-7H,3-5H2,1-2H3. The summed E-state index contributed by atoms with van der Waals surface area (Å²) in [7, 11) is 1.81. The van der Waals surface area contributed by atoms with Crippen LogP contribution in [0.4, 0.5) is 5.82 Å². The second kappa shape index (κ2) is 6.27. The van der Waals surface area contributed by atoms with Crippen molar-refractivity contribution in [2.24, 2.45) is 0 Å². The third-order valence-electron chi connectivity index (χ3n) is 1.97. The molecule has 0 spiro atoms. The van der Waals surface area contributed by atoms with Gasteiger partial charge >= 0.3 is 5.97 Å². The number of esters is 1. The van der Waals surface area contributed by atoms with Crippen molar-refractivity contribution in [1.82, 2.24) is 9.97 Å². The predicted molar refractivity (Wildman–Crippen MR) is 61.6 cm³/mol. The molecule has 1 rings (SSSR count). The van der Waals surface area contributed by atoms with Crippen molar-refractivity contribution in [3.8, 4) is 0 Å². The van der Waals surface area contributed by atoms with Crippen LogP contribution in [0.2, 0.25) is 5.02 Å². The lowest BCUT2D eigenvalue weighted by Gasteiger charge is -2.17. The summed E-state index contributed by atoms with van der Waals surface area (Å²) in [6, 6.07) is 0. The Bertz CT molecular complexity index is 360. The van der Waals surface area contributed by atoms with Crippen LogP contribution in [0.5, 0.6) is 0 Å². The number of halogens is 1. The minimum Gasteiger partial charge on any atom is -0.466 e. The van der Waals surface area contributed by atoms with Crippen molar-refractivity contribution in [1.29, 1.82) is 0 Å². The first-order chi connectivity index (χ1) is 7.65. The van der Waals surface area contributed by atoms with E-state index in [0.29, 0.717) is 30.4 Å². The average Bonchev–Trinajstić information content (AvgIpc) is 2.27. The van der Waals surface area contributed by atoms with Crippen LogP contribution in [0.3, 0.4) is 0 Å². The zero-order valence-electron chi connectivity index (χ0n) is 9.31. The normalized spacial score (nSPS) is 9.94. The number of aromatic nitrogens is 2. The number of hydrogen-bond acceptors (Lipinski definition) is 5. The van der Waals surface area contributed by atoms with Crippen LogP contribution in [0, 0.1) is 0 Å². The topological polar surface area (TPSA) is 55.3 Å². The fraction of sp³-hybridized carbons (Fsp3) is 0.500. The van der Waals surface area contributed by atoms with Gasteiger partial charge in [0.2, 0.25) is 0 Å². The van der Waals surface area contributed by atoms with E-state index in [2.05, 4.69) is 9.97 Å². The molecule has 1 aromatic heterocycles. The SMILES string of the molecule is CCOC(=O)CCN(C)c1ncncc1Cl. The zero-order valence-corrected chi connectivity index (χ0v) is 10.1. The molecular weight excluding hydrogens is 230 g/mol. The Labute approximate surface area is 99.4 Å². The summed E-state index contributed by atoms with van der Waals surface area (Å²) in [6.45, 7) is 2.69. The fourth-order valence-electron chi connectivity index (χ4n) is 1.19. The van der Waals surface area contributed by atoms with E-state index in [1.165, 1.54) is 12.5 Å². The maximum absolute atomic E-state index is 11.1. The minimum atomic E-state index is -0.223. The van der Waals surface area contributed by atoms with E-state index in [4.69, 9.17) is 16.3 Å². The van der Waals surface area contributed by atoms with Crippen molar-refractivity contribution >= 4 is 23.4 Å². The van der Waals surface area contributed by atoms with Crippen LogP contribution < -0.4 is 4.90 Å². The van der Waals surface area contributed by atoms with Crippen molar-refractivity contribution in [3.63, 3.8) is 0 Å². The molecule has 0 unspecified atom stereocenters. The molecule has 1 aromatic rings. The predicted octanol–water partition coefficient (Wildman–Crippen LogP) is 1.52. The molecule has 0 aliphatic rings. The van der Waals surface area contributed by atoms with Crippen molar-refractivity contribution in [2.75, 3.05) is 25.1 Å². The van der Waals surface area contributed by atoms with Crippen LogP contribution in [0.25, 0.3) is 0 Å². The summed E-state index contributed by atoms with van der Waals surface area (Å²) in [4.78, 5) is 20.8. The smallest absolute Gasteiger partial charge is 0.307 e. The first kappa shape index (κ1) is 12.7. The Kier molecular flexibility index (Phi) is 4.98. The van der Waals surface area contributed by atoms with E-state index in [0.717, 1.165) is 0 Å². The van der Waals surface area contributed by atoms with Crippen LogP contribution in [0.15, 0.2) is 12.5 Å². The van der Waals surface area contributed by atoms with Crippen LogP contribution in [-0.2, 0) is 9.53 Å². The van der Waals surface area contributed by atoms with E-state index < -0.39 is 0 Å². The maximum Gasteiger partial charge on any atom is 0.307 e. The fourth-order valence-corrected chi connectivity index (χ4v) is 1.43. The van der Waals surface area contributed by atoms with E-state index in [9.17, 15) is 4.79 Å². The lowest BCUT2D eigenvalue weighted by atomic mass is 10.4. The van der Waals surface area contributed by atoms with Gasteiger partial charge in [-0.05, 0) is 6.92 Å². The van der Waals surface area contributed by atoms with Gasteiger partial charge in [0.1, 0.15) is 11.3 Å². The van der Waals surface area contributed by atoms with Gasteiger partial charge < -0.3 is 9.64 Å². The minimum absolute atomic E-state index is 0.223. The molecule has 88 valence electrons. The molecule has 16 heavy (non-hydrogen) atoms. The molecule has 6 heteroatoms. The van der Waals surface area contributed by atoms with Gasteiger partial charge in [-0.15, -0.1) is 0 Å². The molecular formula is C10H14ClN3O2. The van der Waals surface area contributed by atoms with Crippen molar-refractivity contribution in [3.05, 3.63) is 17.5 Å². The lowest BCUT2D eigenvalue weighted by molar-refractivity contribution is -0.142. The molecule has 0 saturated heterocycles. The first-order valence-electron chi connectivity index (χ1n) is 4.97. The molecule has 0 radical (unpaired) electrons. The highest BCUT2D eigenvalue weighted by Crippen LogP contribution is 2.19. The van der Waals surface area contributed by atoms with Crippen LogP contribution in [0.1, 0.15) is 13.3 Å². The Hall–Kier alpha value is -1.36. The quantitative estimate of drug-likeness (QED) is 0.734. The number of rotatable bonds is 5. The average molecular weight is 244 g/mol. The second-order valence-electron chi connectivity index (χ2n) is 3.17. The molecule has 0 bridgehead atoms. The third kappa shape index (κ3) is 3.66.